The Morgan fingerprint density at radius 1 is 1.33 bits per heavy atom. The van der Waals surface area contributed by atoms with E-state index in [-0.39, 0.29) is 0 Å². The van der Waals surface area contributed by atoms with Gasteiger partial charge < -0.3 is 5.32 Å². The molecule has 0 radical (unpaired) electrons. The first-order valence-electron chi connectivity index (χ1n) is 4.39. The van der Waals surface area contributed by atoms with Gasteiger partial charge in [0.15, 0.2) is 0 Å². The summed E-state index contributed by atoms with van der Waals surface area (Å²) in [5, 5.41) is 3.21. The van der Waals surface area contributed by atoms with Gasteiger partial charge in [-0.05, 0) is 38.2 Å². The second-order valence-electron chi connectivity index (χ2n) is 3.55. The number of allylic oxidation sites excluding steroid dienone is 3. The summed E-state index contributed by atoms with van der Waals surface area (Å²) < 4.78 is 0. The Hall–Kier alpha value is -0.980. The summed E-state index contributed by atoms with van der Waals surface area (Å²) in [6.07, 6.45) is 4.58. The molecule has 1 aliphatic rings. The van der Waals surface area contributed by atoms with Crippen molar-refractivity contribution < 1.29 is 0 Å². The van der Waals surface area contributed by atoms with E-state index in [9.17, 15) is 0 Å². The Balaban J connectivity index is 2.36. The minimum absolute atomic E-state index is 0.721. The van der Waals surface area contributed by atoms with Crippen LogP contribution in [0.3, 0.4) is 0 Å². The molecule has 1 N–H and O–H groups in total. The third-order valence-corrected chi connectivity index (χ3v) is 2.22. The lowest BCUT2D eigenvalue weighted by Gasteiger charge is -2.04. The van der Waals surface area contributed by atoms with Crippen molar-refractivity contribution in [3.8, 4) is 0 Å². The maximum absolute atomic E-state index is 3.96. The lowest BCUT2D eigenvalue weighted by atomic mass is 10.2. The van der Waals surface area contributed by atoms with Crippen LogP contribution in [-0.4, -0.2) is 0 Å². The molecule has 0 aromatic heterocycles. The van der Waals surface area contributed by atoms with Gasteiger partial charge in [0.1, 0.15) is 0 Å². The van der Waals surface area contributed by atoms with Crippen molar-refractivity contribution in [2.75, 3.05) is 0 Å². The minimum atomic E-state index is 0.721. The van der Waals surface area contributed by atoms with E-state index in [0.717, 1.165) is 17.2 Å². The van der Waals surface area contributed by atoms with Crippen molar-refractivity contribution in [3.05, 3.63) is 36.2 Å². The summed E-state index contributed by atoms with van der Waals surface area (Å²) in [4.78, 5) is 0. The Labute approximate surface area is 74.9 Å². The zero-order valence-electron chi connectivity index (χ0n) is 7.98. The predicted octanol–water partition coefficient (Wildman–Crippen LogP) is 2.98. The highest BCUT2D eigenvalue weighted by atomic mass is 14.9. The van der Waals surface area contributed by atoms with Crippen molar-refractivity contribution in [1.82, 2.24) is 5.32 Å². The second kappa shape index (κ2) is 3.61. The highest BCUT2D eigenvalue weighted by molar-refractivity contribution is 5.24. The lowest BCUT2D eigenvalue weighted by molar-refractivity contribution is 0.883. The fourth-order valence-corrected chi connectivity index (χ4v) is 0.874. The molecule has 0 aromatic rings. The Morgan fingerprint density at radius 3 is 2.33 bits per heavy atom. The van der Waals surface area contributed by atoms with Crippen LogP contribution in [0.2, 0.25) is 0 Å². The fourth-order valence-electron chi connectivity index (χ4n) is 0.874. The first kappa shape index (κ1) is 9.11. The van der Waals surface area contributed by atoms with E-state index >= 15 is 0 Å². The topological polar surface area (TPSA) is 12.0 Å². The Bertz CT molecular complexity index is 231. The molecule has 1 saturated carbocycles. The Morgan fingerprint density at radius 2 is 1.92 bits per heavy atom. The number of rotatable bonds is 4. The van der Waals surface area contributed by atoms with Gasteiger partial charge in [-0.15, -0.1) is 0 Å². The third kappa shape index (κ3) is 2.57. The number of hydrogen-bond donors (Lipinski definition) is 1. The number of hydrogen-bond acceptors (Lipinski definition) is 1. The Kier molecular flexibility index (Phi) is 2.74. The molecule has 0 atom stereocenters. The third-order valence-electron chi connectivity index (χ3n) is 2.22. The second-order valence-corrected chi connectivity index (χ2v) is 3.55. The van der Waals surface area contributed by atoms with Gasteiger partial charge in [0, 0.05) is 11.9 Å². The standard InChI is InChI=1S/C11H17N/c1-8(2)9(3)7-12-10(4)11-5-6-11/h7,11-12H,1,4-6H2,2-3H3/b9-7+. The molecule has 0 heterocycles. The molecule has 0 amide bonds. The first-order valence-corrected chi connectivity index (χ1v) is 4.39. The van der Waals surface area contributed by atoms with E-state index in [4.69, 9.17) is 0 Å². The van der Waals surface area contributed by atoms with E-state index in [1.807, 2.05) is 13.1 Å². The van der Waals surface area contributed by atoms with Crippen LogP contribution in [0.1, 0.15) is 26.7 Å². The van der Waals surface area contributed by atoms with Crippen molar-refractivity contribution in [3.63, 3.8) is 0 Å². The highest BCUT2D eigenvalue weighted by Gasteiger charge is 2.23. The maximum Gasteiger partial charge on any atom is 0.0105 e. The molecule has 1 aliphatic carbocycles. The van der Waals surface area contributed by atoms with Crippen LogP contribution in [0.15, 0.2) is 36.2 Å². The van der Waals surface area contributed by atoms with Gasteiger partial charge in [0.25, 0.3) is 0 Å². The van der Waals surface area contributed by atoms with E-state index in [0.29, 0.717) is 0 Å². The largest absolute Gasteiger partial charge is 0.365 e. The molecule has 0 saturated heterocycles. The molecule has 12 heavy (non-hydrogen) atoms. The van der Waals surface area contributed by atoms with E-state index < -0.39 is 0 Å². The predicted molar refractivity (Wildman–Crippen MR) is 53.6 cm³/mol. The average molecular weight is 163 g/mol. The zero-order chi connectivity index (χ0) is 9.14. The van der Waals surface area contributed by atoms with Gasteiger partial charge >= 0.3 is 0 Å². The quantitative estimate of drug-likeness (QED) is 0.628. The summed E-state index contributed by atoms with van der Waals surface area (Å²) in [5.41, 5.74) is 3.44. The fraction of sp³-hybridized carbons (Fsp3) is 0.455. The van der Waals surface area contributed by atoms with Crippen LogP contribution in [0.5, 0.6) is 0 Å². The van der Waals surface area contributed by atoms with Crippen molar-refractivity contribution in [2.45, 2.75) is 26.7 Å². The average Bonchev–Trinajstić information content (AvgIpc) is 2.81. The minimum Gasteiger partial charge on any atom is -0.365 e. The summed E-state index contributed by atoms with van der Waals surface area (Å²) >= 11 is 0. The lowest BCUT2D eigenvalue weighted by Crippen LogP contribution is -2.06. The van der Waals surface area contributed by atoms with Gasteiger partial charge in [-0.2, -0.15) is 0 Å². The molecule has 1 heteroatoms. The first-order chi connectivity index (χ1) is 5.61. The summed E-state index contributed by atoms with van der Waals surface area (Å²) in [5.74, 6) is 0.721. The zero-order valence-corrected chi connectivity index (χ0v) is 7.98. The molecule has 0 spiro atoms. The monoisotopic (exact) mass is 163 g/mol. The van der Waals surface area contributed by atoms with Gasteiger partial charge in [-0.25, -0.2) is 0 Å². The van der Waals surface area contributed by atoms with Gasteiger partial charge in [0.05, 0.1) is 0 Å². The van der Waals surface area contributed by atoms with E-state index in [1.54, 1.807) is 0 Å². The summed E-state index contributed by atoms with van der Waals surface area (Å²) in [6, 6.07) is 0. The van der Waals surface area contributed by atoms with Crippen LogP contribution in [0.4, 0.5) is 0 Å². The van der Waals surface area contributed by atoms with Crippen molar-refractivity contribution in [2.24, 2.45) is 5.92 Å². The van der Waals surface area contributed by atoms with Gasteiger partial charge in [-0.1, -0.05) is 18.7 Å². The molecule has 1 fully saturated rings. The smallest absolute Gasteiger partial charge is 0.0105 e. The van der Waals surface area contributed by atoms with Crippen LogP contribution >= 0.6 is 0 Å². The number of nitrogens with one attached hydrogen (secondary N) is 1. The molecule has 1 nitrogen and oxygen atoms in total. The van der Waals surface area contributed by atoms with E-state index in [2.05, 4.69) is 25.4 Å². The van der Waals surface area contributed by atoms with Crippen molar-refractivity contribution in [1.29, 1.82) is 0 Å². The molecule has 0 aliphatic heterocycles. The highest BCUT2D eigenvalue weighted by Crippen LogP contribution is 2.34. The molecule has 1 rings (SSSR count). The van der Waals surface area contributed by atoms with Gasteiger partial charge in [0.2, 0.25) is 0 Å². The molecular formula is C11H17N. The van der Waals surface area contributed by atoms with Crippen molar-refractivity contribution >= 4 is 0 Å². The van der Waals surface area contributed by atoms with Crippen LogP contribution < -0.4 is 5.32 Å². The van der Waals surface area contributed by atoms with Gasteiger partial charge in [-0.3, -0.25) is 0 Å². The van der Waals surface area contributed by atoms with E-state index in [1.165, 1.54) is 18.4 Å². The maximum atomic E-state index is 3.96. The molecule has 0 bridgehead atoms. The molecule has 0 aromatic carbocycles. The molecule has 66 valence electrons. The summed E-state index contributed by atoms with van der Waals surface area (Å²) in [7, 11) is 0. The normalized spacial score (nSPS) is 17.3. The summed E-state index contributed by atoms with van der Waals surface area (Å²) in [6.45, 7) is 11.9. The van der Waals surface area contributed by atoms with Crippen LogP contribution in [0, 0.1) is 5.92 Å². The van der Waals surface area contributed by atoms with Crippen LogP contribution in [-0.2, 0) is 0 Å². The SMILES string of the molecule is C=C(C)/C(C)=C/NC(=C)C1CC1. The molecular weight excluding hydrogens is 146 g/mol. The van der Waals surface area contributed by atoms with Crippen LogP contribution in [0.25, 0.3) is 0 Å². The molecule has 0 unspecified atom stereocenters.